The highest BCUT2D eigenvalue weighted by molar-refractivity contribution is 5.81. The second-order valence-corrected chi connectivity index (χ2v) is 3.32. The number of nitrogens with zero attached hydrogens (tertiary/aromatic N) is 2. The van der Waals surface area contributed by atoms with Crippen molar-refractivity contribution in [3.05, 3.63) is 16.8 Å². The predicted molar refractivity (Wildman–Crippen MR) is 53.3 cm³/mol. The Bertz CT molecular complexity index is 498. The fourth-order valence-corrected chi connectivity index (χ4v) is 1.23. The first-order chi connectivity index (χ1) is 6.66. The third-order valence-electron chi connectivity index (χ3n) is 1.74. The summed E-state index contributed by atoms with van der Waals surface area (Å²) >= 11 is 0. The largest absolute Gasteiger partial charge is 0.366 e. The lowest BCUT2D eigenvalue weighted by molar-refractivity contribution is 0.889. The van der Waals surface area contributed by atoms with Crippen LogP contribution in [0.3, 0.4) is 0 Å². The first-order valence-corrected chi connectivity index (χ1v) is 4.36. The first kappa shape index (κ1) is 8.74. The summed E-state index contributed by atoms with van der Waals surface area (Å²) < 4.78 is 0. The molecule has 0 unspecified atom stereocenters. The van der Waals surface area contributed by atoms with E-state index in [0.717, 1.165) is 0 Å². The van der Waals surface area contributed by atoms with Gasteiger partial charge in [-0.15, -0.1) is 0 Å². The van der Waals surface area contributed by atoms with Gasteiger partial charge in [-0.05, 0) is 13.8 Å². The average Bonchev–Trinajstić information content (AvgIpc) is 2.45. The van der Waals surface area contributed by atoms with Crippen LogP contribution in [0.25, 0.3) is 11.2 Å². The number of anilines is 1. The van der Waals surface area contributed by atoms with Crippen molar-refractivity contribution in [2.24, 2.45) is 0 Å². The Morgan fingerprint density at radius 1 is 1.36 bits per heavy atom. The van der Waals surface area contributed by atoms with Crippen molar-refractivity contribution in [1.82, 2.24) is 19.9 Å². The molecule has 0 aliphatic rings. The summed E-state index contributed by atoms with van der Waals surface area (Å²) in [5, 5.41) is 3.12. The number of nitrogens with one attached hydrogen (secondary N) is 3. The van der Waals surface area contributed by atoms with Gasteiger partial charge in [0.25, 0.3) is 0 Å². The average molecular weight is 193 g/mol. The zero-order valence-corrected chi connectivity index (χ0v) is 7.96. The number of hydrogen-bond acceptors (Lipinski definition) is 4. The minimum absolute atomic E-state index is 0.256. The lowest BCUT2D eigenvalue weighted by Gasteiger charge is -2.08. The minimum atomic E-state index is -0.271. The molecule has 0 saturated carbocycles. The van der Waals surface area contributed by atoms with Crippen LogP contribution in [0.1, 0.15) is 13.8 Å². The molecular formula is C8H11N5O. The van der Waals surface area contributed by atoms with Crippen molar-refractivity contribution in [3.63, 3.8) is 0 Å². The lowest BCUT2D eigenvalue weighted by Crippen LogP contribution is -2.11. The molecule has 0 radical (unpaired) electrons. The molecule has 3 N–H and O–H groups in total. The summed E-state index contributed by atoms with van der Waals surface area (Å²) in [6.07, 6.45) is 1.41. The van der Waals surface area contributed by atoms with Gasteiger partial charge in [-0.1, -0.05) is 0 Å². The summed E-state index contributed by atoms with van der Waals surface area (Å²) in [7, 11) is 0. The van der Waals surface area contributed by atoms with Gasteiger partial charge >= 0.3 is 5.69 Å². The molecule has 0 spiro atoms. The molecule has 6 nitrogen and oxygen atoms in total. The second-order valence-electron chi connectivity index (χ2n) is 3.32. The molecule has 6 heteroatoms. The molecule has 0 atom stereocenters. The maximum atomic E-state index is 11.0. The first-order valence-electron chi connectivity index (χ1n) is 4.36. The molecule has 0 aliphatic heterocycles. The predicted octanol–water partition coefficient (Wildman–Crippen LogP) is 0.466. The van der Waals surface area contributed by atoms with Gasteiger partial charge < -0.3 is 10.3 Å². The fourth-order valence-electron chi connectivity index (χ4n) is 1.23. The van der Waals surface area contributed by atoms with Crippen molar-refractivity contribution < 1.29 is 0 Å². The molecule has 74 valence electrons. The Balaban J connectivity index is 2.58. The van der Waals surface area contributed by atoms with Crippen LogP contribution < -0.4 is 11.0 Å². The molecule has 0 fully saturated rings. The monoisotopic (exact) mass is 193 g/mol. The molecule has 0 amide bonds. The molecule has 2 aromatic heterocycles. The molecule has 0 aliphatic carbocycles. The van der Waals surface area contributed by atoms with Crippen LogP contribution >= 0.6 is 0 Å². The molecule has 2 heterocycles. The number of fused-ring (bicyclic) bond motifs is 1. The molecule has 0 aromatic carbocycles. The zero-order valence-electron chi connectivity index (χ0n) is 7.96. The van der Waals surface area contributed by atoms with Crippen molar-refractivity contribution in [2.45, 2.75) is 19.9 Å². The third-order valence-corrected chi connectivity index (χ3v) is 1.74. The molecule has 0 bridgehead atoms. The number of aromatic amines is 2. The van der Waals surface area contributed by atoms with Crippen molar-refractivity contribution >= 4 is 17.0 Å². The number of aromatic nitrogens is 4. The van der Waals surface area contributed by atoms with Crippen molar-refractivity contribution in [2.75, 3.05) is 5.32 Å². The Labute approximate surface area is 79.8 Å². The molecule has 0 saturated heterocycles. The van der Waals surface area contributed by atoms with Gasteiger partial charge in [0.1, 0.15) is 11.8 Å². The van der Waals surface area contributed by atoms with Crippen LogP contribution in [0.5, 0.6) is 0 Å². The Hall–Kier alpha value is -1.85. The highest BCUT2D eigenvalue weighted by Crippen LogP contribution is 2.13. The van der Waals surface area contributed by atoms with Gasteiger partial charge in [0.15, 0.2) is 11.5 Å². The van der Waals surface area contributed by atoms with E-state index >= 15 is 0 Å². The van der Waals surface area contributed by atoms with Crippen LogP contribution in [0.15, 0.2) is 11.1 Å². The van der Waals surface area contributed by atoms with Crippen LogP contribution in [0.4, 0.5) is 5.82 Å². The fraction of sp³-hybridized carbons (Fsp3) is 0.375. The van der Waals surface area contributed by atoms with E-state index in [1.807, 2.05) is 13.8 Å². The quantitative estimate of drug-likeness (QED) is 0.647. The van der Waals surface area contributed by atoms with Gasteiger partial charge in [-0.3, -0.25) is 4.98 Å². The van der Waals surface area contributed by atoms with E-state index in [2.05, 4.69) is 25.3 Å². The summed E-state index contributed by atoms with van der Waals surface area (Å²) in [6.45, 7) is 4.00. The highest BCUT2D eigenvalue weighted by atomic mass is 16.1. The van der Waals surface area contributed by atoms with Gasteiger partial charge in [0.05, 0.1) is 0 Å². The third kappa shape index (κ3) is 1.46. The molecular weight excluding hydrogens is 182 g/mol. The van der Waals surface area contributed by atoms with Crippen LogP contribution in [-0.2, 0) is 0 Å². The van der Waals surface area contributed by atoms with E-state index in [4.69, 9.17) is 0 Å². The molecule has 2 aromatic rings. The summed E-state index contributed by atoms with van der Waals surface area (Å²) in [6, 6.07) is 0.256. The SMILES string of the molecule is CC(C)Nc1ncnc2[nH]c(=O)[nH]c12. The van der Waals surface area contributed by atoms with Gasteiger partial charge in [-0.25, -0.2) is 14.8 Å². The van der Waals surface area contributed by atoms with Gasteiger partial charge in [0, 0.05) is 6.04 Å². The van der Waals surface area contributed by atoms with E-state index in [1.165, 1.54) is 6.33 Å². The van der Waals surface area contributed by atoms with E-state index in [9.17, 15) is 4.79 Å². The smallest absolute Gasteiger partial charge is 0.325 e. The minimum Gasteiger partial charge on any atom is -0.366 e. The van der Waals surface area contributed by atoms with Gasteiger partial charge in [0.2, 0.25) is 0 Å². The van der Waals surface area contributed by atoms with E-state index in [1.54, 1.807) is 0 Å². The van der Waals surface area contributed by atoms with Crippen LogP contribution in [-0.4, -0.2) is 26.0 Å². The summed E-state index contributed by atoms with van der Waals surface area (Å²) in [5.74, 6) is 0.642. The number of H-pyrrole nitrogens is 2. The van der Waals surface area contributed by atoms with E-state index in [0.29, 0.717) is 17.0 Å². The summed E-state index contributed by atoms with van der Waals surface area (Å²) in [5.41, 5.74) is 0.867. The molecule has 2 rings (SSSR count). The standard InChI is InChI=1S/C8H11N5O/c1-4(2)11-6-5-7(10-3-9-6)13-8(14)12-5/h3-4H,1-2H3,(H3,9,10,11,12,13,14). The van der Waals surface area contributed by atoms with Crippen LogP contribution in [0, 0.1) is 0 Å². The Morgan fingerprint density at radius 3 is 2.86 bits per heavy atom. The topological polar surface area (TPSA) is 86.5 Å². The maximum absolute atomic E-state index is 11.0. The lowest BCUT2D eigenvalue weighted by atomic mass is 10.4. The number of rotatable bonds is 2. The van der Waals surface area contributed by atoms with E-state index < -0.39 is 0 Å². The maximum Gasteiger partial charge on any atom is 0.325 e. The number of hydrogen-bond donors (Lipinski definition) is 3. The Morgan fingerprint density at radius 2 is 2.14 bits per heavy atom. The summed E-state index contributed by atoms with van der Waals surface area (Å²) in [4.78, 5) is 24.2. The van der Waals surface area contributed by atoms with E-state index in [-0.39, 0.29) is 11.7 Å². The van der Waals surface area contributed by atoms with Crippen molar-refractivity contribution in [3.8, 4) is 0 Å². The van der Waals surface area contributed by atoms with Crippen LogP contribution in [0.2, 0.25) is 0 Å². The number of imidazole rings is 1. The normalized spacial score (nSPS) is 11.1. The molecule has 14 heavy (non-hydrogen) atoms. The van der Waals surface area contributed by atoms with Gasteiger partial charge in [-0.2, -0.15) is 0 Å². The zero-order chi connectivity index (χ0) is 10.1. The highest BCUT2D eigenvalue weighted by Gasteiger charge is 2.06. The Kier molecular flexibility index (Phi) is 1.95. The second kappa shape index (κ2) is 3.13. The van der Waals surface area contributed by atoms with Crippen molar-refractivity contribution in [1.29, 1.82) is 0 Å².